The molecule has 0 aliphatic rings. The summed E-state index contributed by atoms with van der Waals surface area (Å²) in [6.07, 6.45) is 1.70. The number of benzene rings is 1. The zero-order valence-corrected chi connectivity index (χ0v) is 8.49. The fourth-order valence-electron chi connectivity index (χ4n) is 1.40. The number of non-ortho nitro benzene ring substituents is 1. The molecule has 0 saturated heterocycles. The van der Waals surface area contributed by atoms with E-state index in [1.54, 1.807) is 24.0 Å². The molecule has 1 N–H and O–H groups in total. The summed E-state index contributed by atoms with van der Waals surface area (Å²) in [6, 6.07) is 5.53. The largest absolute Gasteiger partial charge is 0.507 e. The predicted molar refractivity (Wildman–Crippen MR) is 57.0 cm³/mol. The molecule has 1 heterocycles. The third-order valence-electron chi connectivity index (χ3n) is 2.18. The Hall–Kier alpha value is -2.37. The van der Waals surface area contributed by atoms with Gasteiger partial charge in [0.2, 0.25) is 0 Å². The smallest absolute Gasteiger partial charge is 0.270 e. The van der Waals surface area contributed by atoms with E-state index in [2.05, 4.69) is 5.10 Å². The maximum atomic E-state index is 10.6. The third kappa shape index (κ3) is 1.72. The molecule has 0 aliphatic heterocycles. The van der Waals surface area contributed by atoms with E-state index in [0.29, 0.717) is 11.3 Å². The van der Waals surface area contributed by atoms with Gasteiger partial charge in [0, 0.05) is 25.4 Å². The van der Waals surface area contributed by atoms with Crippen LogP contribution in [0.3, 0.4) is 0 Å². The van der Waals surface area contributed by atoms with Crippen LogP contribution in [0.1, 0.15) is 0 Å². The van der Waals surface area contributed by atoms with Gasteiger partial charge in [0.05, 0.1) is 16.2 Å². The highest BCUT2D eigenvalue weighted by atomic mass is 16.6. The lowest BCUT2D eigenvalue weighted by atomic mass is 10.1. The highest BCUT2D eigenvalue weighted by Gasteiger charge is 2.13. The third-order valence-corrected chi connectivity index (χ3v) is 2.18. The van der Waals surface area contributed by atoms with Crippen molar-refractivity contribution in [1.29, 1.82) is 0 Å². The number of phenolic OH excluding ortho intramolecular Hbond substituents is 1. The maximum absolute atomic E-state index is 10.6. The quantitative estimate of drug-likeness (QED) is 0.615. The van der Waals surface area contributed by atoms with Crippen LogP contribution in [-0.2, 0) is 7.05 Å². The lowest BCUT2D eigenvalue weighted by Crippen LogP contribution is -1.91. The SMILES string of the molecule is Cn1ccc(-c2cc([N+](=O)[O-])ccc2O)n1. The van der Waals surface area contributed by atoms with Gasteiger partial charge in [0.1, 0.15) is 5.75 Å². The minimum atomic E-state index is -0.508. The standard InChI is InChI=1S/C10H9N3O3/c1-12-5-4-9(11-12)8-6-7(13(15)16)2-3-10(8)14/h2-6,14H,1H3. The van der Waals surface area contributed by atoms with Crippen molar-refractivity contribution in [2.75, 3.05) is 0 Å². The van der Waals surface area contributed by atoms with Crippen molar-refractivity contribution in [2.24, 2.45) is 7.05 Å². The number of aromatic hydroxyl groups is 1. The lowest BCUT2D eigenvalue weighted by molar-refractivity contribution is -0.384. The molecular formula is C10H9N3O3. The molecule has 0 radical (unpaired) electrons. The van der Waals surface area contributed by atoms with E-state index in [-0.39, 0.29) is 11.4 Å². The highest BCUT2D eigenvalue weighted by Crippen LogP contribution is 2.31. The van der Waals surface area contributed by atoms with Gasteiger partial charge in [-0.05, 0) is 12.1 Å². The highest BCUT2D eigenvalue weighted by molar-refractivity contribution is 5.69. The second-order valence-electron chi connectivity index (χ2n) is 3.33. The number of nitro benzene ring substituents is 1. The van der Waals surface area contributed by atoms with E-state index in [0.717, 1.165) is 0 Å². The molecule has 2 aromatic rings. The number of aryl methyl sites for hydroxylation is 1. The van der Waals surface area contributed by atoms with Gasteiger partial charge < -0.3 is 5.11 Å². The molecule has 16 heavy (non-hydrogen) atoms. The average Bonchev–Trinajstić information content (AvgIpc) is 2.65. The first kappa shape index (κ1) is 10.2. The molecule has 0 bridgehead atoms. The molecule has 6 nitrogen and oxygen atoms in total. The summed E-state index contributed by atoms with van der Waals surface area (Å²) in [5, 5.41) is 24.3. The van der Waals surface area contributed by atoms with Gasteiger partial charge in [-0.2, -0.15) is 5.10 Å². The number of nitrogens with zero attached hydrogens (tertiary/aromatic N) is 3. The van der Waals surface area contributed by atoms with Gasteiger partial charge >= 0.3 is 0 Å². The summed E-state index contributed by atoms with van der Waals surface area (Å²) in [5.41, 5.74) is 0.789. The van der Waals surface area contributed by atoms with Crippen molar-refractivity contribution < 1.29 is 10.0 Å². The summed E-state index contributed by atoms with van der Waals surface area (Å²) in [7, 11) is 1.73. The van der Waals surface area contributed by atoms with Crippen LogP contribution in [0.4, 0.5) is 5.69 Å². The van der Waals surface area contributed by atoms with E-state index in [4.69, 9.17) is 0 Å². The van der Waals surface area contributed by atoms with Crippen LogP contribution in [0.15, 0.2) is 30.5 Å². The minimum absolute atomic E-state index is 0.0238. The molecule has 82 valence electrons. The van der Waals surface area contributed by atoms with Crippen LogP contribution >= 0.6 is 0 Å². The van der Waals surface area contributed by atoms with Crippen molar-refractivity contribution >= 4 is 5.69 Å². The van der Waals surface area contributed by atoms with Gasteiger partial charge in [-0.15, -0.1) is 0 Å². The van der Waals surface area contributed by atoms with Gasteiger partial charge in [-0.25, -0.2) is 0 Å². The van der Waals surface area contributed by atoms with Crippen LogP contribution in [-0.4, -0.2) is 19.8 Å². The predicted octanol–water partition coefficient (Wildman–Crippen LogP) is 1.70. The normalized spacial score (nSPS) is 10.3. The Labute approximate surface area is 90.9 Å². The Bertz CT molecular complexity index is 548. The topological polar surface area (TPSA) is 81.2 Å². The van der Waals surface area contributed by atoms with Gasteiger partial charge in [-0.3, -0.25) is 14.8 Å². The van der Waals surface area contributed by atoms with Crippen LogP contribution < -0.4 is 0 Å². The average molecular weight is 219 g/mol. The Balaban J connectivity index is 2.55. The molecule has 0 saturated carbocycles. The number of hydrogen-bond acceptors (Lipinski definition) is 4. The zero-order chi connectivity index (χ0) is 11.7. The molecule has 0 atom stereocenters. The van der Waals surface area contributed by atoms with E-state index < -0.39 is 4.92 Å². The van der Waals surface area contributed by atoms with Crippen molar-refractivity contribution in [1.82, 2.24) is 9.78 Å². The summed E-state index contributed by atoms with van der Waals surface area (Å²) in [6.45, 7) is 0. The van der Waals surface area contributed by atoms with Crippen LogP contribution in [0.2, 0.25) is 0 Å². The fraction of sp³-hybridized carbons (Fsp3) is 0.100. The van der Waals surface area contributed by atoms with Crippen molar-refractivity contribution in [3.8, 4) is 17.0 Å². The van der Waals surface area contributed by atoms with Crippen LogP contribution in [0.25, 0.3) is 11.3 Å². The van der Waals surface area contributed by atoms with E-state index >= 15 is 0 Å². The Morgan fingerprint density at radius 1 is 1.44 bits per heavy atom. The minimum Gasteiger partial charge on any atom is -0.507 e. The molecule has 0 aliphatic carbocycles. The molecule has 1 aromatic heterocycles. The van der Waals surface area contributed by atoms with E-state index in [1.807, 2.05) is 0 Å². The van der Waals surface area contributed by atoms with Gasteiger partial charge in [0.15, 0.2) is 0 Å². The number of aromatic nitrogens is 2. The number of phenols is 1. The Morgan fingerprint density at radius 3 is 2.75 bits per heavy atom. The number of nitro groups is 1. The van der Waals surface area contributed by atoms with Gasteiger partial charge in [0.25, 0.3) is 5.69 Å². The molecule has 1 aromatic carbocycles. The molecular weight excluding hydrogens is 210 g/mol. The molecule has 0 spiro atoms. The zero-order valence-electron chi connectivity index (χ0n) is 8.49. The summed E-state index contributed by atoms with van der Waals surface area (Å²) >= 11 is 0. The molecule has 0 fully saturated rings. The summed E-state index contributed by atoms with van der Waals surface area (Å²) in [4.78, 5) is 10.1. The lowest BCUT2D eigenvalue weighted by Gasteiger charge is -2.00. The van der Waals surface area contributed by atoms with E-state index in [1.165, 1.54) is 18.2 Å². The second kappa shape index (κ2) is 3.65. The molecule has 0 unspecified atom stereocenters. The summed E-state index contributed by atoms with van der Waals surface area (Å²) < 4.78 is 1.56. The molecule has 2 rings (SSSR count). The van der Waals surface area contributed by atoms with Crippen molar-refractivity contribution in [3.05, 3.63) is 40.6 Å². The summed E-state index contributed by atoms with van der Waals surface area (Å²) in [5.74, 6) is -0.0238. The number of hydrogen-bond donors (Lipinski definition) is 1. The van der Waals surface area contributed by atoms with E-state index in [9.17, 15) is 15.2 Å². The first-order chi connectivity index (χ1) is 7.58. The fourth-order valence-corrected chi connectivity index (χ4v) is 1.40. The number of rotatable bonds is 2. The molecule has 6 heteroatoms. The van der Waals surface area contributed by atoms with Crippen LogP contribution in [0.5, 0.6) is 5.75 Å². The monoisotopic (exact) mass is 219 g/mol. The van der Waals surface area contributed by atoms with Gasteiger partial charge in [-0.1, -0.05) is 0 Å². The first-order valence-electron chi connectivity index (χ1n) is 4.55. The second-order valence-corrected chi connectivity index (χ2v) is 3.33. The Kier molecular flexibility index (Phi) is 2.32. The Morgan fingerprint density at radius 2 is 2.19 bits per heavy atom. The first-order valence-corrected chi connectivity index (χ1v) is 4.55. The molecule has 0 amide bonds. The van der Waals surface area contributed by atoms with Crippen molar-refractivity contribution in [2.45, 2.75) is 0 Å². The van der Waals surface area contributed by atoms with Crippen molar-refractivity contribution in [3.63, 3.8) is 0 Å². The van der Waals surface area contributed by atoms with Crippen LogP contribution in [0, 0.1) is 10.1 Å². The maximum Gasteiger partial charge on any atom is 0.270 e.